The van der Waals surface area contributed by atoms with Gasteiger partial charge < -0.3 is 10.9 Å². The second-order valence-corrected chi connectivity index (χ2v) is 5.82. The number of nitrogens with zero attached hydrogens (tertiary/aromatic N) is 3. The Hall–Kier alpha value is -0.820. The fourth-order valence-corrected chi connectivity index (χ4v) is 3.19. The van der Waals surface area contributed by atoms with Crippen molar-refractivity contribution < 1.29 is 5.21 Å². The topological polar surface area (TPSA) is 84.4 Å². The maximum atomic E-state index is 8.51. The van der Waals surface area contributed by atoms with Crippen LogP contribution in [0.15, 0.2) is 15.0 Å². The van der Waals surface area contributed by atoms with Gasteiger partial charge in [0.15, 0.2) is 4.34 Å². The summed E-state index contributed by atoms with van der Waals surface area (Å²) in [6.07, 6.45) is 2.97. The Balaban J connectivity index is 1.84. The van der Waals surface area contributed by atoms with Gasteiger partial charge in [0.2, 0.25) is 0 Å². The summed E-state index contributed by atoms with van der Waals surface area (Å²) in [5, 5.41) is 19.3. The molecule has 1 fully saturated rings. The van der Waals surface area contributed by atoms with Crippen LogP contribution in [0.3, 0.4) is 0 Å². The first-order valence-electron chi connectivity index (χ1n) is 4.59. The molecule has 2 rings (SSSR count). The van der Waals surface area contributed by atoms with Crippen molar-refractivity contribution in [2.75, 3.05) is 5.75 Å². The number of nitrogens with two attached hydrogens (primary N) is 1. The Bertz CT molecular complexity index is 348. The minimum atomic E-state index is 0.229. The van der Waals surface area contributed by atoms with Crippen molar-refractivity contribution in [1.82, 2.24) is 10.2 Å². The van der Waals surface area contributed by atoms with E-state index >= 15 is 0 Å². The van der Waals surface area contributed by atoms with E-state index in [4.69, 9.17) is 10.9 Å². The molecule has 15 heavy (non-hydrogen) atoms. The van der Waals surface area contributed by atoms with Crippen LogP contribution in [-0.2, 0) is 0 Å². The fraction of sp³-hybridized carbons (Fsp3) is 0.625. The number of oxime groups is 1. The predicted molar refractivity (Wildman–Crippen MR) is 60.3 cm³/mol. The van der Waals surface area contributed by atoms with E-state index in [9.17, 15) is 0 Å². The normalized spacial score (nSPS) is 19.1. The number of aromatic nitrogens is 2. The molecule has 1 aromatic heterocycles. The summed E-state index contributed by atoms with van der Waals surface area (Å²) in [4.78, 5) is 0. The van der Waals surface area contributed by atoms with Gasteiger partial charge in [0, 0.05) is 12.2 Å². The number of hydrogen-bond donors (Lipinski definition) is 2. The van der Waals surface area contributed by atoms with E-state index in [0.717, 1.165) is 22.9 Å². The minimum absolute atomic E-state index is 0.229. The summed E-state index contributed by atoms with van der Waals surface area (Å²) in [5.74, 6) is 1.30. The molecule has 0 saturated heterocycles. The largest absolute Gasteiger partial charge is 0.409 e. The first kappa shape index (κ1) is 10.7. The third-order valence-corrected chi connectivity index (χ3v) is 4.69. The van der Waals surface area contributed by atoms with Crippen molar-refractivity contribution in [3.05, 3.63) is 5.51 Å². The van der Waals surface area contributed by atoms with Crippen molar-refractivity contribution >= 4 is 28.9 Å². The van der Waals surface area contributed by atoms with Crippen LogP contribution >= 0.6 is 23.1 Å². The van der Waals surface area contributed by atoms with E-state index in [2.05, 4.69) is 15.4 Å². The van der Waals surface area contributed by atoms with Crippen LogP contribution in [0.2, 0.25) is 0 Å². The summed E-state index contributed by atoms with van der Waals surface area (Å²) >= 11 is 3.25. The van der Waals surface area contributed by atoms with Gasteiger partial charge in [-0.15, -0.1) is 10.2 Å². The standard InChI is InChI=1S/C8H12N4OS2/c9-6(12-13)3-8(1-2-8)4-14-7-11-10-5-15-7/h5,13H,1-4H2,(H2,9,12). The Labute approximate surface area is 95.8 Å². The molecule has 0 aromatic carbocycles. The zero-order valence-electron chi connectivity index (χ0n) is 8.09. The number of amidine groups is 1. The van der Waals surface area contributed by atoms with Crippen LogP contribution in [0.4, 0.5) is 0 Å². The highest BCUT2D eigenvalue weighted by Crippen LogP contribution is 2.51. The van der Waals surface area contributed by atoms with E-state index in [1.807, 2.05) is 0 Å². The molecule has 0 atom stereocenters. The number of hydrogen-bond acceptors (Lipinski definition) is 6. The van der Waals surface area contributed by atoms with Gasteiger partial charge in [0.25, 0.3) is 0 Å². The zero-order valence-corrected chi connectivity index (χ0v) is 9.72. The second kappa shape index (κ2) is 4.36. The molecule has 0 spiro atoms. The Morgan fingerprint density at radius 1 is 1.73 bits per heavy atom. The lowest BCUT2D eigenvalue weighted by Gasteiger charge is -2.11. The first-order chi connectivity index (χ1) is 7.24. The zero-order chi connectivity index (χ0) is 10.7. The third kappa shape index (κ3) is 2.82. The molecule has 0 aliphatic heterocycles. The lowest BCUT2D eigenvalue weighted by Crippen LogP contribution is -2.19. The highest BCUT2D eigenvalue weighted by atomic mass is 32.2. The molecule has 0 amide bonds. The number of rotatable bonds is 5. The highest BCUT2D eigenvalue weighted by molar-refractivity contribution is 8.01. The van der Waals surface area contributed by atoms with E-state index < -0.39 is 0 Å². The van der Waals surface area contributed by atoms with E-state index in [1.165, 1.54) is 0 Å². The second-order valence-electron chi connectivity index (χ2n) is 3.76. The van der Waals surface area contributed by atoms with Gasteiger partial charge >= 0.3 is 0 Å². The summed E-state index contributed by atoms with van der Waals surface area (Å²) in [6, 6.07) is 0. The maximum Gasteiger partial charge on any atom is 0.174 e. The predicted octanol–water partition coefficient (Wildman–Crippen LogP) is 1.55. The van der Waals surface area contributed by atoms with Gasteiger partial charge in [-0.25, -0.2) is 0 Å². The SMILES string of the molecule is NC(CC1(CSc2nncs2)CC1)=NO. The van der Waals surface area contributed by atoms with Gasteiger partial charge in [-0.2, -0.15) is 0 Å². The Morgan fingerprint density at radius 3 is 3.07 bits per heavy atom. The summed E-state index contributed by atoms with van der Waals surface area (Å²) in [7, 11) is 0. The van der Waals surface area contributed by atoms with Crippen LogP contribution < -0.4 is 5.73 Å². The van der Waals surface area contributed by atoms with Gasteiger partial charge in [-0.05, 0) is 18.3 Å². The average Bonchev–Trinajstić information content (AvgIpc) is 2.81. The Morgan fingerprint density at radius 2 is 2.53 bits per heavy atom. The van der Waals surface area contributed by atoms with E-state index in [1.54, 1.807) is 28.6 Å². The van der Waals surface area contributed by atoms with E-state index in [-0.39, 0.29) is 5.41 Å². The fourth-order valence-electron chi connectivity index (χ4n) is 1.41. The third-order valence-electron chi connectivity index (χ3n) is 2.48. The van der Waals surface area contributed by atoms with Crippen molar-refractivity contribution in [2.45, 2.75) is 23.6 Å². The maximum absolute atomic E-state index is 8.51. The van der Waals surface area contributed by atoms with Gasteiger partial charge in [-0.1, -0.05) is 28.3 Å². The Kier molecular flexibility index (Phi) is 3.11. The van der Waals surface area contributed by atoms with Gasteiger partial charge in [-0.3, -0.25) is 0 Å². The molecule has 1 aliphatic rings. The molecule has 3 N–H and O–H groups in total. The van der Waals surface area contributed by atoms with E-state index in [0.29, 0.717) is 12.3 Å². The number of thioether (sulfide) groups is 1. The monoisotopic (exact) mass is 244 g/mol. The van der Waals surface area contributed by atoms with Crippen molar-refractivity contribution in [1.29, 1.82) is 0 Å². The lowest BCUT2D eigenvalue weighted by atomic mass is 10.1. The molecule has 1 saturated carbocycles. The van der Waals surface area contributed by atoms with Crippen molar-refractivity contribution in [3.63, 3.8) is 0 Å². The van der Waals surface area contributed by atoms with Gasteiger partial charge in [0.1, 0.15) is 11.3 Å². The molecule has 5 nitrogen and oxygen atoms in total. The first-order valence-corrected chi connectivity index (χ1v) is 6.46. The van der Waals surface area contributed by atoms with Crippen molar-refractivity contribution in [2.24, 2.45) is 16.3 Å². The lowest BCUT2D eigenvalue weighted by molar-refractivity contribution is 0.315. The molecule has 1 aromatic rings. The summed E-state index contributed by atoms with van der Waals surface area (Å²) in [5.41, 5.74) is 7.47. The van der Waals surface area contributed by atoms with Crippen molar-refractivity contribution in [3.8, 4) is 0 Å². The van der Waals surface area contributed by atoms with Crippen LogP contribution in [0.1, 0.15) is 19.3 Å². The van der Waals surface area contributed by atoms with Crippen LogP contribution in [0.5, 0.6) is 0 Å². The van der Waals surface area contributed by atoms with Crippen LogP contribution in [0.25, 0.3) is 0 Å². The minimum Gasteiger partial charge on any atom is -0.409 e. The van der Waals surface area contributed by atoms with Crippen LogP contribution in [-0.4, -0.2) is 27.0 Å². The smallest absolute Gasteiger partial charge is 0.174 e. The summed E-state index contributed by atoms with van der Waals surface area (Å²) in [6.45, 7) is 0. The molecular weight excluding hydrogens is 232 g/mol. The molecule has 0 bridgehead atoms. The average molecular weight is 244 g/mol. The molecule has 1 aliphatic carbocycles. The van der Waals surface area contributed by atoms with Gasteiger partial charge in [0.05, 0.1) is 0 Å². The molecule has 1 heterocycles. The quantitative estimate of drug-likeness (QED) is 0.270. The van der Waals surface area contributed by atoms with Crippen LogP contribution in [0, 0.1) is 5.41 Å². The molecule has 0 radical (unpaired) electrons. The molecule has 82 valence electrons. The summed E-state index contributed by atoms with van der Waals surface area (Å²) < 4.78 is 0.987. The molecule has 7 heteroatoms. The molecular formula is C8H12N4OS2. The molecule has 0 unspecified atom stereocenters. The highest BCUT2D eigenvalue weighted by Gasteiger charge is 2.43.